The summed E-state index contributed by atoms with van der Waals surface area (Å²) in [6.45, 7) is 1.92. The summed E-state index contributed by atoms with van der Waals surface area (Å²) in [7, 11) is 0. The lowest BCUT2D eigenvalue weighted by atomic mass is 10.1. The molecule has 98 valence electrons. The number of halogens is 2. The van der Waals surface area contributed by atoms with Gasteiger partial charge in [-0.15, -0.1) is 0 Å². The van der Waals surface area contributed by atoms with E-state index in [1.807, 2.05) is 0 Å². The first-order valence-electron chi connectivity index (χ1n) is 5.53. The van der Waals surface area contributed by atoms with Gasteiger partial charge in [0.05, 0.1) is 15.1 Å². The van der Waals surface area contributed by atoms with Gasteiger partial charge in [0, 0.05) is 31.2 Å². The van der Waals surface area contributed by atoms with Gasteiger partial charge in [0.15, 0.2) is 0 Å². The van der Waals surface area contributed by atoms with Crippen LogP contribution in [0.15, 0.2) is 12.1 Å². The molecule has 1 aromatic rings. The molecule has 0 aliphatic carbocycles. The summed E-state index contributed by atoms with van der Waals surface area (Å²) in [4.78, 5) is 10.4. The van der Waals surface area contributed by atoms with Crippen molar-refractivity contribution in [3.8, 4) is 0 Å². The topological polar surface area (TPSA) is 64.4 Å². The third-order valence-corrected chi connectivity index (χ3v) is 3.67. The van der Waals surface area contributed by atoms with Gasteiger partial charge in [0.25, 0.3) is 5.69 Å². The van der Waals surface area contributed by atoms with Crippen molar-refractivity contribution in [3.05, 3.63) is 31.6 Å². The van der Waals surface area contributed by atoms with Crippen LogP contribution in [-0.4, -0.2) is 24.7 Å². The van der Waals surface area contributed by atoms with Gasteiger partial charge in [-0.25, -0.2) is 4.39 Å². The molecule has 5 nitrogen and oxygen atoms in total. The Labute approximate surface area is 117 Å². The smallest absolute Gasteiger partial charge is 0.293 e. The Morgan fingerprint density at radius 1 is 1.61 bits per heavy atom. The molecule has 18 heavy (non-hydrogen) atoms. The van der Waals surface area contributed by atoms with Gasteiger partial charge in [-0.2, -0.15) is 0 Å². The maximum Gasteiger partial charge on any atom is 0.293 e. The first kappa shape index (κ1) is 13.5. The van der Waals surface area contributed by atoms with Crippen LogP contribution in [0.25, 0.3) is 0 Å². The van der Waals surface area contributed by atoms with Gasteiger partial charge < -0.3 is 10.1 Å². The zero-order valence-electron chi connectivity index (χ0n) is 9.49. The number of ether oxygens (including phenoxy) is 1. The van der Waals surface area contributed by atoms with E-state index in [0.29, 0.717) is 19.1 Å². The van der Waals surface area contributed by atoms with Crippen LogP contribution in [0.3, 0.4) is 0 Å². The summed E-state index contributed by atoms with van der Waals surface area (Å²) in [6.07, 6.45) is 0.924. The molecule has 0 amide bonds. The Hall–Kier alpha value is -0.960. The van der Waals surface area contributed by atoms with Crippen LogP contribution in [0.2, 0.25) is 0 Å². The summed E-state index contributed by atoms with van der Waals surface area (Å²) in [5.41, 5.74) is 0.129. The van der Waals surface area contributed by atoms with Crippen molar-refractivity contribution in [1.82, 2.24) is 0 Å². The molecule has 1 heterocycles. The Kier molecular flexibility index (Phi) is 4.33. The summed E-state index contributed by atoms with van der Waals surface area (Å²) in [6, 6.07) is 2.42. The molecule has 0 saturated carbocycles. The predicted molar refractivity (Wildman–Crippen MR) is 73.2 cm³/mol. The largest absolute Gasteiger partial charge is 0.381 e. The first-order chi connectivity index (χ1) is 8.58. The number of hydrogen-bond donors (Lipinski definition) is 1. The standard InChI is InChI=1S/C11H12FIN2O3/c12-8-3-10(11(15(16)17)4-9(8)13)14-5-7-1-2-18-6-7/h3-4,7,14H,1-2,5-6H2. The lowest BCUT2D eigenvalue weighted by Gasteiger charge is -2.11. The molecular weight excluding hydrogens is 354 g/mol. The molecule has 1 saturated heterocycles. The van der Waals surface area contributed by atoms with Crippen molar-refractivity contribution in [2.24, 2.45) is 5.92 Å². The first-order valence-corrected chi connectivity index (χ1v) is 6.61. The molecule has 0 radical (unpaired) electrons. The van der Waals surface area contributed by atoms with Crippen molar-refractivity contribution in [3.63, 3.8) is 0 Å². The van der Waals surface area contributed by atoms with Gasteiger partial charge >= 0.3 is 0 Å². The fourth-order valence-corrected chi connectivity index (χ4v) is 2.28. The fraction of sp³-hybridized carbons (Fsp3) is 0.455. The van der Waals surface area contributed by atoms with Crippen LogP contribution in [0.1, 0.15) is 6.42 Å². The van der Waals surface area contributed by atoms with Crippen molar-refractivity contribution < 1.29 is 14.1 Å². The fourth-order valence-electron chi connectivity index (χ4n) is 1.83. The molecule has 2 rings (SSSR count). The zero-order valence-corrected chi connectivity index (χ0v) is 11.6. The second-order valence-electron chi connectivity index (χ2n) is 4.15. The van der Waals surface area contributed by atoms with E-state index in [1.54, 1.807) is 22.6 Å². The summed E-state index contributed by atoms with van der Waals surface area (Å²) in [5, 5.41) is 13.8. The Bertz CT molecular complexity index is 464. The van der Waals surface area contributed by atoms with E-state index in [1.165, 1.54) is 12.1 Å². The van der Waals surface area contributed by atoms with Gasteiger partial charge in [-0.3, -0.25) is 10.1 Å². The van der Waals surface area contributed by atoms with E-state index in [9.17, 15) is 14.5 Å². The van der Waals surface area contributed by atoms with Crippen molar-refractivity contribution >= 4 is 34.0 Å². The average molecular weight is 366 g/mol. The highest BCUT2D eigenvalue weighted by Crippen LogP contribution is 2.29. The van der Waals surface area contributed by atoms with Crippen molar-refractivity contribution in [2.75, 3.05) is 25.1 Å². The SMILES string of the molecule is O=[N+]([O-])c1cc(I)c(F)cc1NCC1CCOC1. The Morgan fingerprint density at radius 2 is 2.39 bits per heavy atom. The minimum absolute atomic E-state index is 0.0975. The van der Waals surface area contributed by atoms with E-state index >= 15 is 0 Å². The normalized spacial score (nSPS) is 18.9. The van der Waals surface area contributed by atoms with Crippen LogP contribution in [0.4, 0.5) is 15.8 Å². The van der Waals surface area contributed by atoms with Crippen molar-refractivity contribution in [2.45, 2.75) is 6.42 Å². The third kappa shape index (κ3) is 3.08. The minimum atomic E-state index is -0.505. The number of hydrogen-bond acceptors (Lipinski definition) is 4. The highest BCUT2D eigenvalue weighted by molar-refractivity contribution is 14.1. The number of nitro benzene ring substituents is 1. The molecule has 7 heteroatoms. The Balaban J connectivity index is 2.14. The van der Waals surface area contributed by atoms with Crippen LogP contribution >= 0.6 is 22.6 Å². The maximum atomic E-state index is 13.4. The van der Waals surface area contributed by atoms with Crippen LogP contribution in [0, 0.1) is 25.4 Å². The number of anilines is 1. The summed E-state index contributed by atoms with van der Waals surface area (Å²) < 4.78 is 18.9. The molecule has 0 aromatic heterocycles. The molecule has 0 spiro atoms. The number of benzene rings is 1. The molecule has 1 aliphatic heterocycles. The highest BCUT2D eigenvalue weighted by atomic mass is 127. The zero-order chi connectivity index (χ0) is 13.1. The van der Waals surface area contributed by atoms with E-state index < -0.39 is 10.7 Å². The molecule has 1 N–H and O–H groups in total. The number of nitro groups is 1. The monoisotopic (exact) mass is 366 g/mol. The molecule has 1 atom stereocenters. The molecule has 1 unspecified atom stereocenters. The number of nitrogens with one attached hydrogen (secondary N) is 1. The van der Waals surface area contributed by atoms with Gasteiger partial charge in [-0.05, 0) is 29.0 Å². The van der Waals surface area contributed by atoms with E-state index in [-0.39, 0.29) is 14.9 Å². The molecule has 1 aromatic carbocycles. The highest BCUT2D eigenvalue weighted by Gasteiger charge is 2.20. The van der Waals surface area contributed by atoms with Gasteiger partial charge in [-0.1, -0.05) is 0 Å². The second kappa shape index (κ2) is 5.79. The molecule has 1 fully saturated rings. The van der Waals surface area contributed by atoms with Crippen molar-refractivity contribution in [1.29, 1.82) is 0 Å². The lowest BCUT2D eigenvalue weighted by molar-refractivity contribution is -0.384. The van der Waals surface area contributed by atoms with Gasteiger partial charge in [0.2, 0.25) is 0 Å². The average Bonchev–Trinajstić information content (AvgIpc) is 2.83. The van der Waals surface area contributed by atoms with E-state index in [4.69, 9.17) is 4.74 Å². The predicted octanol–water partition coefficient (Wildman–Crippen LogP) is 2.79. The number of rotatable bonds is 4. The minimum Gasteiger partial charge on any atom is -0.381 e. The van der Waals surface area contributed by atoms with Crippen LogP contribution in [0.5, 0.6) is 0 Å². The van der Waals surface area contributed by atoms with Crippen LogP contribution < -0.4 is 5.32 Å². The van der Waals surface area contributed by atoms with Gasteiger partial charge in [0.1, 0.15) is 11.5 Å². The summed E-state index contributed by atoms with van der Waals surface area (Å²) >= 11 is 1.74. The van der Waals surface area contributed by atoms with E-state index in [0.717, 1.165) is 13.0 Å². The quantitative estimate of drug-likeness (QED) is 0.506. The van der Waals surface area contributed by atoms with E-state index in [2.05, 4.69) is 5.32 Å². The van der Waals surface area contributed by atoms with Crippen LogP contribution in [-0.2, 0) is 4.74 Å². The molecule has 0 bridgehead atoms. The molecule has 1 aliphatic rings. The Morgan fingerprint density at radius 3 is 3.00 bits per heavy atom. The summed E-state index contributed by atoms with van der Waals surface area (Å²) in [5.74, 6) is -0.127. The maximum absolute atomic E-state index is 13.4. The second-order valence-corrected chi connectivity index (χ2v) is 5.31. The third-order valence-electron chi connectivity index (χ3n) is 2.84. The molecular formula is C11H12FIN2O3. The lowest BCUT2D eigenvalue weighted by Crippen LogP contribution is -2.15. The number of nitrogens with zero attached hydrogens (tertiary/aromatic N) is 1.